The van der Waals surface area contributed by atoms with Crippen LogP contribution < -0.4 is 10.6 Å². The van der Waals surface area contributed by atoms with Crippen molar-refractivity contribution in [2.75, 3.05) is 5.32 Å². The SMILES string of the molecule is Cc1ccc(NC(=S)N[C@H]2CCC[C@@H](C)[C@@H]2C)cc1C. The Morgan fingerprint density at radius 2 is 1.90 bits per heavy atom. The Morgan fingerprint density at radius 3 is 2.60 bits per heavy atom. The van der Waals surface area contributed by atoms with Gasteiger partial charge in [0.2, 0.25) is 0 Å². The van der Waals surface area contributed by atoms with Gasteiger partial charge in [-0.25, -0.2) is 0 Å². The smallest absolute Gasteiger partial charge is 0.171 e. The van der Waals surface area contributed by atoms with Crippen molar-refractivity contribution in [3.63, 3.8) is 0 Å². The van der Waals surface area contributed by atoms with Crippen molar-refractivity contribution in [3.8, 4) is 0 Å². The largest absolute Gasteiger partial charge is 0.359 e. The highest BCUT2D eigenvalue weighted by Crippen LogP contribution is 2.29. The fourth-order valence-corrected chi connectivity index (χ4v) is 3.21. The van der Waals surface area contributed by atoms with Crippen LogP contribution in [-0.2, 0) is 0 Å². The van der Waals surface area contributed by atoms with E-state index in [1.807, 2.05) is 0 Å². The Bertz CT molecular complexity index is 484. The fourth-order valence-electron chi connectivity index (χ4n) is 2.94. The van der Waals surface area contributed by atoms with Gasteiger partial charge in [0.1, 0.15) is 0 Å². The normalized spacial score (nSPS) is 26.1. The Hall–Kier alpha value is -1.09. The second-order valence-corrected chi connectivity index (χ2v) is 6.68. The summed E-state index contributed by atoms with van der Waals surface area (Å²) < 4.78 is 0. The first-order chi connectivity index (χ1) is 9.47. The second-order valence-electron chi connectivity index (χ2n) is 6.27. The van der Waals surface area contributed by atoms with Crippen molar-refractivity contribution >= 4 is 23.0 Å². The summed E-state index contributed by atoms with van der Waals surface area (Å²) in [5, 5.41) is 7.56. The molecular weight excluding hydrogens is 264 g/mol. The third kappa shape index (κ3) is 3.72. The first-order valence-corrected chi connectivity index (χ1v) is 8.03. The topological polar surface area (TPSA) is 24.1 Å². The van der Waals surface area contributed by atoms with Crippen molar-refractivity contribution in [1.29, 1.82) is 0 Å². The molecule has 1 aromatic carbocycles. The number of thiocarbonyl (C=S) groups is 1. The second kappa shape index (κ2) is 6.57. The number of nitrogens with one attached hydrogen (secondary N) is 2. The molecule has 0 radical (unpaired) electrons. The van der Waals surface area contributed by atoms with Crippen LogP contribution in [0.1, 0.15) is 44.2 Å². The van der Waals surface area contributed by atoms with E-state index < -0.39 is 0 Å². The summed E-state index contributed by atoms with van der Waals surface area (Å²) in [5.74, 6) is 1.47. The van der Waals surface area contributed by atoms with Crippen LogP contribution in [0.4, 0.5) is 5.69 Å². The van der Waals surface area contributed by atoms with Crippen LogP contribution in [0.25, 0.3) is 0 Å². The summed E-state index contributed by atoms with van der Waals surface area (Å²) in [5.41, 5.74) is 3.67. The molecule has 110 valence electrons. The monoisotopic (exact) mass is 290 g/mol. The van der Waals surface area contributed by atoms with E-state index >= 15 is 0 Å². The summed E-state index contributed by atoms with van der Waals surface area (Å²) in [7, 11) is 0. The minimum atomic E-state index is 0.505. The zero-order chi connectivity index (χ0) is 14.7. The molecule has 0 aromatic heterocycles. The van der Waals surface area contributed by atoms with Gasteiger partial charge in [0, 0.05) is 11.7 Å². The highest BCUT2D eigenvalue weighted by atomic mass is 32.1. The lowest BCUT2D eigenvalue weighted by atomic mass is 9.78. The van der Waals surface area contributed by atoms with Gasteiger partial charge in [-0.15, -0.1) is 0 Å². The highest BCUT2D eigenvalue weighted by molar-refractivity contribution is 7.80. The Kier molecular flexibility index (Phi) is 5.03. The molecule has 0 heterocycles. The number of benzene rings is 1. The molecule has 3 atom stereocenters. The van der Waals surface area contributed by atoms with Crippen molar-refractivity contribution in [3.05, 3.63) is 29.3 Å². The van der Waals surface area contributed by atoms with Gasteiger partial charge in [-0.3, -0.25) is 0 Å². The average Bonchev–Trinajstić information content (AvgIpc) is 2.39. The molecule has 1 aromatic rings. The maximum Gasteiger partial charge on any atom is 0.171 e. The third-order valence-electron chi connectivity index (χ3n) is 4.79. The molecule has 1 aliphatic carbocycles. The molecule has 0 spiro atoms. The van der Waals surface area contributed by atoms with Crippen LogP contribution in [-0.4, -0.2) is 11.2 Å². The van der Waals surface area contributed by atoms with Gasteiger partial charge in [0.05, 0.1) is 0 Å². The van der Waals surface area contributed by atoms with E-state index in [2.05, 4.69) is 56.5 Å². The van der Waals surface area contributed by atoms with Gasteiger partial charge >= 0.3 is 0 Å². The highest BCUT2D eigenvalue weighted by Gasteiger charge is 2.27. The van der Waals surface area contributed by atoms with Gasteiger partial charge < -0.3 is 10.6 Å². The first-order valence-electron chi connectivity index (χ1n) is 7.62. The van der Waals surface area contributed by atoms with Gasteiger partial charge in [-0.1, -0.05) is 32.8 Å². The molecule has 3 heteroatoms. The molecule has 0 amide bonds. The average molecular weight is 290 g/mol. The molecule has 20 heavy (non-hydrogen) atoms. The number of hydrogen-bond donors (Lipinski definition) is 2. The van der Waals surface area contributed by atoms with Gasteiger partial charge in [-0.05, 0) is 67.6 Å². The Morgan fingerprint density at radius 1 is 1.15 bits per heavy atom. The summed E-state index contributed by atoms with van der Waals surface area (Å²) in [6.07, 6.45) is 3.87. The number of anilines is 1. The van der Waals surface area contributed by atoms with E-state index in [9.17, 15) is 0 Å². The molecule has 0 saturated heterocycles. The predicted octanol–water partition coefficient (Wildman–Crippen LogP) is 4.41. The Labute approximate surface area is 128 Å². The van der Waals surface area contributed by atoms with Crippen molar-refractivity contribution < 1.29 is 0 Å². The maximum atomic E-state index is 5.46. The number of hydrogen-bond acceptors (Lipinski definition) is 1. The van der Waals surface area contributed by atoms with E-state index in [0.29, 0.717) is 12.0 Å². The van der Waals surface area contributed by atoms with E-state index in [1.54, 1.807) is 0 Å². The van der Waals surface area contributed by atoms with Crippen LogP contribution >= 0.6 is 12.2 Å². The molecule has 1 fully saturated rings. The maximum absolute atomic E-state index is 5.46. The zero-order valence-corrected chi connectivity index (χ0v) is 13.8. The van der Waals surface area contributed by atoms with E-state index in [-0.39, 0.29) is 0 Å². The molecule has 2 N–H and O–H groups in total. The molecule has 1 aliphatic rings. The molecule has 0 unspecified atom stereocenters. The number of rotatable bonds is 2. The van der Waals surface area contributed by atoms with E-state index in [0.717, 1.165) is 16.7 Å². The van der Waals surface area contributed by atoms with Gasteiger partial charge in [0.25, 0.3) is 0 Å². The number of aryl methyl sites for hydroxylation is 2. The molecule has 0 bridgehead atoms. The minimum Gasteiger partial charge on any atom is -0.359 e. The minimum absolute atomic E-state index is 0.505. The predicted molar refractivity (Wildman–Crippen MR) is 91.2 cm³/mol. The van der Waals surface area contributed by atoms with Crippen molar-refractivity contribution in [1.82, 2.24) is 5.32 Å². The summed E-state index contributed by atoms with van der Waals surface area (Å²) >= 11 is 5.46. The van der Waals surface area contributed by atoms with Crippen LogP contribution in [0, 0.1) is 25.7 Å². The molecule has 2 rings (SSSR count). The molecule has 2 nitrogen and oxygen atoms in total. The zero-order valence-electron chi connectivity index (χ0n) is 13.0. The third-order valence-corrected chi connectivity index (χ3v) is 5.01. The Balaban J connectivity index is 1.93. The fraction of sp³-hybridized carbons (Fsp3) is 0.588. The van der Waals surface area contributed by atoms with Crippen LogP contribution in [0.5, 0.6) is 0 Å². The van der Waals surface area contributed by atoms with E-state index in [4.69, 9.17) is 12.2 Å². The van der Waals surface area contributed by atoms with Gasteiger partial charge in [-0.2, -0.15) is 0 Å². The van der Waals surface area contributed by atoms with Gasteiger partial charge in [0.15, 0.2) is 5.11 Å². The van der Waals surface area contributed by atoms with E-state index in [1.165, 1.54) is 30.4 Å². The molecule has 1 saturated carbocycles. The summed E-state index contributed by atoms with van der Waals surface area (Å²) in [6.45, 7) is 8.93. The summed E-state index contributed by atoms with van der Waals surface area (Å²) in [6, 6.07) is 6.87. The quantitative estimate of drug-likeness (QED) is 0.789. The van der Waals surface area contributed by atoms with Crippen LogP contribution in [0.15, 0.2) is 18.2 Å². The van der Waals surface area contributed by atoms with Crippen LogP contribution in [0.2, 0.25) is 0 Å². The van der Waals surface area contributed by atoms with Crippen molar-refractivity contribution in [2.24, 2.45) is 11.8 Å². The van der Waals surface area contributed by atoms with Crippen molar-refractivity contribution in [2.45, 2.75) is 53.0 Å². The van der Waals surface area contributed by atoms with Crippen LogP contribution in [0.3, 0.4) is 0 Å². The summed E-state index contributed by atoms with van der Waals surface area (Å²) in [4.78, 5) is 0. The lowest BCUT2D eigenvalue weighted by Gasteiger charge is -2.35. The lowest BCUT2D eigenvalue weighted by molar-refractivity contribution is 0.225. The molecule has 0 aliphatic heterocycles. The standard InChI is InChI=1S/C17H26N2S/c1-11-8-9-15(10-13(11)3)18-17(20)19-16-7-5-6-12(2)14(16)4/h8-10,12,14,16H,5-7H2,1-4H3,(H2,18,19,20)/t12-,14+,16+/m1/s1. The first kappa shape index (κ1) is 15.3. The lowest BCUT2D eigenvalue weighted by Crippen LogP contribution is -2.45. The molecular formula is C17H26N2S.